The van der Waals surface area contributed by atoms with E-state index in [1.807, 2.05) is 19.1 Å². The second kappa shape index (κ2) is 3.81. The first-order valence-corrected chi connectivity index (χ1v) is 5.01. The molecular weight excluding hydrogens is 188 g/mol. The van der Waals surface area contributed by atoms with Crippen LogP contribution >= 0.6 is 0 Å². The maximum atomic E-state index is 4.17. The molecule has 0 aliphatic rings. The molecule has 0 atom stereocenters. The maximum Gasteiger partial charge on any atom is 0.164 e. The molecule has 0 N–H and O–H groups in total. The average Bonchev–Trinajstić information content (AvgIpc) is 2.65. The molecule has 4 nitrogen and oxygen atoms in total. The van der Waals surface area contributed by atoms with Gasteiger partial charge in [0.05, 0.1) is 0 Å². The summed E-state index contributed by atoms with van der Waals surface area (Å²) < 4.78 is 2.05. The van der Waals surface area contributed by atoms with Crippen LogP contribution in [0.25, 0.3) is 11.4 Å². The van der Waals surface area contributed by atoms with Crippen molar-refractivity contribution in [1.29, 1.82) is 0 Å². The molecule has 0 bridgehead atoms. The fraction of sp³-hybridized carbons (Fsp3) is 0.364. The SMILES string of the molecule is Cc1cc(-c2nncn2C(C)C)ccn1. The van der Waals surface area contributed by atoms with E-state index in [1.54, 1.807) is 12.5 Å². The summed E-state index contributed by atoms with van der Waals surface area (Å²) in [4.78, 5) is 4.17. The molecule has 0 spiro atoms. The number of rotatable bonds is 2. The Morgan fingerprint density at radius 2 is 2.13 bits per heavy atom. The first kappa shape index (κ1) is 9.83. The van der Waals surface area contributed by atoms with Gasteiger partial charge in [0.15, 0.2) is 5.82 Å². The van der Waals surface area contributed by atoms with Gasteiger partial charge in [0.1, 0.15) is 6.33 Å². The lowest BCUT2D eigenvalue weighted by molar-refractivity contribution is 0.604. The summed E-state index contributed by atoms with van der Waals surface area (Å²) in [7, 11) is 0. The lowest BCUT2D eigenvalue weighted by Crippen LogP contribution is -2.01. The first-order valence-electron chi connectivity index (χ1n) is 5.01. The third kappa shape index (κ3) is 1.88. The Morgan fingerprint density at radius 1 is 1.33 bits per heavy atom. The summed E-state index contributed by atoms with van der Waals surface area (Å²) >= 11 is 0. The van der Waals surface area contributed by atoms with Crippen LogP contribution in [0.3, 0.4) is 0 Å². The van der Waals surface area contributed by atoms with E-state index in [0.29, 0.717) is 6.04 Å². The molecular formula is C11H14N4. The zero-order valence-corrected chi connectivity index (χ0v) is 9.18. The summed E-state index contributed by atoms with van der Waals surface area (Å²) in [5, 5.41) is 8.08. The van der Waals surface area contributed by atoms with Crippen molar-refractivity contribution in [3.63, 3.8) is 0 Å². The summed E-state index contributed by atoms with van der Waals surface area (Å²) in [6, 6.07) is 4.34. The molecule has 0 radical (unpaired) electrons. The number of aromatic nitrogens is 4. The van der Waals surface area contributed by atoms with Gasteiger partial charge in [-0.3, -0.25) is 4.98 Å². The van der Waals surface area contributed by atoms with E-state index in [2.05, 4.69) is 33.6 Å². The Bertz CT molecular complexity index is 459. The van der Waals surface area contributed by atoms with E-state index in [1.165, 1.54) is 0 Å². The lowest BCUT2D eigenvalue weighted by atomic mass is 10.2. The van der Waals surface area contributed by atoms with Crippen molar-refractivity contribution >= 4 is 0 Å². The highest BCUT2D eigenvalue weighted by molar-refractivity contribution is 5.54. The number of hydrogen-bond acceptors (Lipinski definition) is 3. The summed E-state index contributed by atoms with van der Waals surface area (Å²) in [6.45, 7) is 6.20. The minimum Gasteiger partial charge on any atom is -0.311 e. The van der Waals surface area contributed by atoms with Crippen LogP contribution in [0.2, 0.25) is 0 Å². The predicted octanol–water partition coefficient (Wildman–Crippen LogP) is 2.23. The quantitative estimate of drug-likeness (QED) is 0.750. The summed E-state index contributed by atoms with van der Waals surface area (Å²) in [5.74, 6) is 0.899. The van der Waals surface area contributed by atoms with Gasteiger partial charge in [-0.15, -0.1) is 10.2 Å². The minimum absolute atomic E-state index is 0.364. The molecule has 2 aromatic heterocycles. The Balaban J connectivity index is 2.49. The van der Waals surface area contributed by atoms with Crippen molar-refractivity contribution in [3.8, 4) is 11.4 Å². The van der Waals surface area contributed by atoms with E-state index in [9.17, 15) is 0 Å². The zero-order chi connectivity index (χ0) is 10.8. The molecule has 4 heteroatoms. The standard InChI is InChI=1S/C11H14N4/c1-8(2)15-7-13-14-11(15)10-4-5-12-9(3)6-10/h4-8H,1-3H3. The molecule has 0 aliphatic carbocycles. The van der Waals surface area contributed by atoms with Gasteiger partial charge < -0.3 is 4.57 Å². The Morgan fingerprint density at radius 3 is 2.80 bits per heavy atom. The van der Waals surface area contributed by atoms with Crippen LogP contribution < -0.4 is 0 Å². The van der Waals surface area contributed by atoms with Crippen LogP contribution in [-0.4, -0.2) is 19.7 Å². The minimum atomic E-state index is 0.364. The number of aryl methyl sites for hydroxylation is 1. The zero-order valence-electron chi connectivity index (χ0n) is 9.18. The van der Waals surface area contributed by atoms with Crippen LogP contribution in [0.15, 0.2) is 24.7 Å². The van der Waals surface area contributed by atoms with Crippen LogP contribution in [0.4, 0.5) is 0 Å². The van der Waals surface area contributed by atoms with Gasteiger partial charge in [-0.1, -0.05) is 0 Å². The van der Waals surface area contributed by atoms with Gasteiger partial charge in [-0.2, -0.15) is 0 Å². The Kier molecular flexibility index (Phi) is 2.49. The monoisotopic (exact) mass is 202 g/mol. The fourth-order valence-corrected chi connectivity index (χ4v) is 1.51. The van der Waals surface area contributed by atoms with Crippen LogP contribution in [-0.2, 0) is 0 Å². The topological polar surface area (TPSA) is 43.6 Å². The number of nitrogens with zero attached hydrogens (tertiary/aromatic N) is 4. The molecule has 0 unspecified atom stereocenters. The highest BCUT2D eigenvalue weighted by atomic mass is 15.3. The van der Waals surface area contributed by atoms with Crippen LogP contribution in [0.1, 0.15) is 25.6 Å². The van der Waals surface area contributed by atoms with E-state index < -0.39 is 0 Å². The summed E-state index contributed by atoms with van der Waals surface area (Å²) in [6.07, 6.45) is 3.56. The van der Waals surface area contributed by atoms with Crippen molar-refractivity contribution in [1.82, 2.24) is 19.7 Å². The Hall–Kier alpha value is -1.71. The third-order valence-electron chi connectivity index (χ3n) is 2.28. The molecule has 0 aliphatic heterocycles. The van der Waals surface area contributed by atoms with Crippen LogP contribution in [0, 0.1) is 6.92 Å². The molecule has 2 heterocycles. The number of hydrogen-bond donors (Lipinski definition) is 0. The number of pyridine rings is 1. The highest BCUT2D eigenvalue weighted by Crippen LogP contribution is 2.19. The second-order valence-corrected chi connectivity index (χ2v) is 3.84. The molecule has 78 valence electrons. The second-order valence-electron chi connectivity index (χ2n) is 3.84. The van der Waals surface area contributed by atoms with Crippen molar-refractivity contribution in [2.75, 3.05) is 0 Å². The smallest absolute Gasteiger partial charge is 0.164 e. The molecule has 0 amide bonds. The third-order valence-corrected chi connectivity index (χ3v) is 2.28. The van der Waals surface area contributed by atoms with Crippen molar-refractivity contribution in [2.45, 2.75) is 26.8 Å². The first-order chi connectivity index (χ1) is 7.18. The van der Waals surface area contributed by atoms with Gasteiger partial charge in [-0.05, 0) is 32.9 Å². The van der Waals surface area contributed by atoms with Crippen molar-refractivity contribution in [3.05, 3.63) is 30.4 Å². The van der Waals surface area contributed by atoms with Gasteiger partial charge in [-0.25, -0.2) is 0 Å². The Labute approximate surface area is 89.0 Å². The molecule has 0 saturated carbocycles. The molecule has 15 heavy (non-hydrogen) atoms. The van der Waals surface area contributed by atoms with Gasteiger partial charge >= 0.3 is 0 Å². The molecule has 2 rings (SSSR count). The van der Waals surface area contributed by atoms with E-state index in [0.717, 1.165) is 17.1 Å². The van der Waals surface area contributed by atoms with E-state index >= 15 is 0 Å². The van der Waals surface area contributed by atoms with Gasteiger partial charge in [0.2, 0.25) is 0 Å². The fourth-order valence-electron chi connectivity index (χ4n) is 1.51. The van der Waals surface area contributed by atoms with Crippen molar-refractivity contribution < 1.29 is 0 Å². The molecule has 0 aromatic carbocycles. The van der Waals surface area contributed by atoms with E-state index in [4.69, 9.17) is 0 Å². The molecule has 2 aromatic rings. The van der Waals surface area contributed by atoms with Gasteiger partial charge in [0.25, 0.3) is 0 Å². The predicted molar refractivity (Wildman–Crippen MR) is 58.4 cm³/mol. The maximum absolute atomic E-state index is 4.17. The summed E-state index contributed by atoms with van der Waals surface area (Å²) in [5.41, 5.74) is 2.06. The van der Waals surface area contributed by atoms with E-state index in [-0.39, 0.29) is 0 Å². The van der Waals surface area contributed by atoms with Crippen LogP contribution in [0.5, 0.6) is 0 Å². The van der Waals surface area contributed by atoms with Crippen molar-refractivity contribution in [2.24, 2.45) is 0 Å². The lowest BCUT2D eigenvalue weighted by Gasteiger charge is -2.09. The molecule has 0 saturated heterocycles. The molecule has 0 fully saturated rings. The highest BCUT2D eigenvalue weighted by Gasteiger charge is 2.09. The van der Waals surface area contributed by atoms with Gasteiger partial charge in [0, 0.05) is 23.5 Å². The normalized spacial score (nSPS) is 10.9. The average molecular weight is 202 g/mol. The largest absolute Gasteiger partial charge is 0.311 e.